The molecule has 0 fully saturated rings. The minimum atomic E-state index is -1.66. The Labute approximate surface area is 113 Å². The largest absolute Gasteiger partial charge is 0.479 e. The minimum Gasteiger partial charge on any atom is -0.479 e. The van der Waals surface area contributed by atoms with Crippen LogP contribution in [0.4, 0.5) is 10.5 Å². The molecule has 1 aromatic rings. The highest BCUT2D eigenvalue weighted by Gasteiger charge is 2.14. The van der Waals surface area contributed by atoms with Crippen molar-refractivity contribution in [1.29, 1.82) is 0 Å². The van der Waals surface area contributed by atoms with Gasteiger partial charge >= 0.3 is 12.0 Å². The second-order valence-corrected chi connectivity index (χ2v) is 4.16. The van der Waals surface area contributed by atoms with Crippen LogP contribution >= 0.6 is 23.2 Å². The molecule has 6 nitrogen and oxygen atoms in total. The van der Waals surface area contributed by atoms with Crippen LogP contribution in [0.5, 0.6) is 0 Å². The van der Waals surface area contributed by atoms with Crippen molar-refractivity contribution < 1.29 is 19.8 Å². The molecule has 0 aliphatic heterocycles. The first kappa shape index (κ1) is 14.6. The first-order valence-electron chi connectivity index (χ1n) is 4.81. The van der Waals surface area contributed by atoms with E-state index in [0.29, 0.717) is 5.02 Å². The standard InChI is InChI=1S/C10H10Cl2N2O4/c11-5-1-2-6(12)7(3-5)14-10(18)13-4-8(15)9(16)17/h1-3,8,15H,4H2,(H,16,17)(H2,13,14,18). The number of aliphatic hydroxyl groups is 1. The van der Waals surface area contributed by atoms with Crippen molar-refractivity contribution in [3.63, 3.8) is 0 Å². The topological polar surface area (TPSA) is 98.7 Å². The molecule has 0 spiro atoms. The number of amides is 2. The van der Waals surface area contributed by atoms with E-state index in [1.54, 1.807) is 6.07 Å². The van der Waals surface area contributed by atoms with E-state index in [2.05, 4.69) is 10.6 Å². The second-order valence-electron chi connectivity index (χ2n) is 3.31. The summed E-state index contributed by atoms with van der Waals surface area (Å²) in [6, 6.07) is 3.81. The van der Waals surface area contributed by atoms with Crippen LogP contribution in [-0.4, -0.2) is 34.9 Å². The SMILES string of the molecule is O=C(NCC(O)C(=O)O)Nc1cc(Cl)ccc1Cl. The summed E-state index contributed by atoms with van der Waals surface area (Å²) in [7, 11) is 0. The van der Waals surface area contributed by atoms with Gasteiger partial charge in [-0.05, 0) is 18.2 Å². The summed E-state index contributed by atoms with van der Waals surface area (Å²) in [5, 5.41) is 22.6. The van der Waals surface area contributed by atoms with E-state index in [1.807, 2.05) is 0 Å². The Morgan fingerprint density at radius 3 is 2.61 bits per heavy atom. The summed E-state index contributed by atoms with van der Waals surface area (Å²) >= 11 is 11.5. The molecule has 1 atom stereocenters. The van der Waals surface area contributed by atoms with Gasteiger partial charge in [-0.15, -0.1) is 0 Å². The predicted octanol–water partition coefficient (Wildman–Crippen LogP) is 1.56. The van der Waals surface area contributed by atoms with Crippen molar-refractivity contribution in [3.8, 4) is 0 Å². The molecule has 18 heavy (non-hydrogen) atoms. The number of carboxylic acid groups (broad SMARTS) is 1. The zero-order chi connectivity index (χ0) is 13.7. The Morgan fingerprint density at radius 1 is 1.33 bits per heavy atom. The zero-order valence-electron chi connectivity index (χ0n) is 8.98. The third-order valence-corrected chi connectivity index (χ3v) is 2.48. The molecular weight excluding hydrogens is 283 g/mol. The lowest BCUT2D eigenvalue weighted by Gasteiger charge is -2.10. The van der Waals surface area contributed by atoms with Crippen molar-refractivity contribution in [2.45, 2.75) is 6.10 Å². The number of aliphatic hydroxyl groups excluding tert-OH is 1. The summed E-state index contributed by atoms with van der Waals surface area (Å²) < 4.78 is 0. The van der Waals surface area contributed by atoms with Crippen molar-refractivity contribution in [2.75, 3.05) is 11.9 Å². The number of nitrogens with one attached hydrogen (secondary N) is 2. The molecule has 0 saturated carbocycles. The number of aliphatic carboxylic acids is 1. The molecule has 4 N–H and O–H groups in total. The van der Waals surface area contributed by atoms with Crippen molar-refractivity contribution in [3.05, 3.63) is 28.2 Å². The van der Waals surface area contributed by atoms with Crippen molar-refractivity contribution in [2.24, 2.45) is 0 Å². The number of rotatable bonds is 4. The first-order chi connectivity index (χ1) is 8.40. The number of carbonyl (C=O) groups excluding carboxylic acids is 1. The van der Waals surface area contributed by atoms with Gasteiger partial charge < -0.3 is 20.8 Å². The van der Waals surface area contributed by atoms with Crippen LogP contribution in [0.1, 0.15) is 0 Å². The van der Waals surface area contributed by atoms with E-state index in [0.717, 1.165) is 0 Å². The van der Waals surface area contributed by atoms with Crippen LogP contribution in [0.3, 0.4) is 0 Å². The molecule has 2 amide bonds. The summed E-state index contributed by atoms with van der Waals surface area (Å²) in [5.74, 6) is -1.42. The van der Waals surface area contributed by atoms with Crippen LogP contribution in [0.15, 0.2) is 18.2 Å². The van der Waals surface area contributed by atoms with E-state index in [1.165, 1.54) is 12.1 Å². The minimum absolute atomic E-state index is 0.284. The summed E-state index contributed by atoms with van der Waals surface area (Å²) in [5.41, 5.74) is 0.284. The van der Waals surface area contributed by atoms with Crippen LogP contribution in [0, 0.1) is 0 Å². The number of hydrogen-bond acceptors (Lipinski definition) is 3. The predicted molar refractivity (Wildman–Crippen MR) is 67.1 cm³/mol. The third kappa shape index (κ3) is 4.40. The quantitative estimate of drug-likeness (QED) is 0.677. The number of carboxylic acids is 1. The molecule has 1 rings (SSSR count). The molecule has 1 unspecified atom stereocenters. The highest BCUT2D eigenvalue weighted by atomic mass is 35.5. The monoisotopic (exact) mass is 292 g/mol. The van der Waals surface area contributed by atoms with Crippen LogP contribution in [0.25, 0.3) is 0 Å². The smallest absolute Gasteiger partial charge is 0.334 e. The fourth-order valence-electron chi connectivity index (χ4n) is 1.04. The van der Waals surface area contributed by atoms with Gasteiger partial charge in [-0.1, -0.05) is 23.2 Å². The van der Waals surface area contributed by atoms with Crippen LogP contribution in [-0.2, 0) is 4.79 Å². The van der Waals surface area contributed by atoms with Crippen molar-refractivity contribution >= 4 is 40.9 Å². The van der Waals surface area contributed by atoms with E-state index in [-0.39, 0.29) is 10.7 Å². The van der Waals surface area contributed by atoms with Crippen LogP contribution in [0.2, 0.25) is 10.0 Å². The molecule has 0 saturated heterocycles. The van der Waals surface area contributed by atoms with Gasteiger partial charge in [0.15, 0.2) is 6.10 Å². The van der Waals surface area contributed by atoms with Gasteiger partial charge in [0, 0.05) is 5.02 Å². The number of urea groups is 1. The molecule has 8 heteroatoms. The fourth-order valence-corrected chi connectivity index (χ4v) is 1.37. The normalized spacial score (nSPS) is 11.7. The molecule has 0 bridgehead atoms. The summed E-state index contributed by atoms with van der Waals surface area (Å²) in [6.45, 7) is -0.417. The number of halogens is 2. The first-order valence-corrected chi connectivity index (χ1v) is 5.56. The highest BCUT2D eigenvalue weighted by molar-refractivity contribution is 6.35. The van der Waals surface area contributed by atoms with Gasteiger partial charge in [0.1, 0.15) is 0 Å². The molecule has 0 heterocycles. The van der Waals surface area contributed by atoms with Gasteiger partial charge in [0.2, 0.25) is 0 Å². The molecular formula is C10H10Cl2N2O4. The van der Waals surface area contributed by atoms with Gasteiger partial charge in [-0.3, -0.25) is 0 Å². The van der Waals surface area contributed by atoms with E-state index in [4.69, 9.17) is 33.4 Å². The molecule has 0 radical (unpaired) electrons. The number of benzene rings is 1. The molecule has 0 aliphatic carbocycles. The Balaban J connectivity index is 2.54. The summed E-state index contributed by atoms with van der Waals surface area (Å²) in [4.78, 5) is 21.7. The zero-order valence-corrected chi connectivity index (χ0v) is 10.5. The van der Waals surface area contributed by atoms with Crippen molar-refractivity contribution in [1.82, 2.24) is 5.32 Å². The Bertz CT molecular complexity index is 467. The van der Waals surface area contributed by atoms with Gasteiger partial charge in [-0.2, -0.15) is 0 Å². The Kier molecular flexibility index (Phi) is 5.21. The number of anilines is 1. The molecule has 0 aromatic heterocycles. The molecule has 1 aromatic carbocycles. The average molecular weight is 293 g/mol. The summed E-state index contributed by atoms with van der Waals surface area (Å²) in [6.07, 6.45) is -1.66. The lowest BCUT2D eigenvalue weighted by Crippen LogP contribution is -2.38. The Hall–Kier alpha value is -1.50. The average Bonchev–Trinajstić information content (AvgIpc) is 2.30. The lowest BCUT2D eigenvalue weighted by molar-refractivity contribution is -0.146. The van der Waals surface area contributed by atoms with Gasteiger partial charge in [0.05, 0.1) is 17.3 Å². The van der Waals surface area contributed by atoms with E-state index >= 15 is 0 Å². The third-order valence-electron chi connectivity index (χ3n) is 1.92. The maximum Gasteiger partial charge on any atom is 0.334 e. The highest BCUT2D eigenvalue weighted by Crippen LogP contribution is 2.25. The van der Waals surface area contributed by atoms with Gasteiger partial charge in [0.25, 0.3) is 0 Å². The molecule has 0 aliphatic rings. The van der Waals surface area contributed by atoms with E-state index in [9.17, 15) is 9.59 Å². The fraction of sp³-hybridized carbons (Fsp3) is 0.200. The Morgan fingerprint density at radius 2 is 2.00 bits per heavy atom. The maximum absolute atomic E-state index is 11.4. The van der Waals surface area contributed by atoms with E-state index < -0.39 is 24.6 Å². The number of hydrogen-bond donors (Lipinski definition) is 4. The maximum atomic E-state index is 11.4. The van der Waals surface area contributed by atoms with Gasteiger partial charge in [-0.25, -0.2) is 9.59 Å². The number of carbonyl (C=O) groups is 2. The van der Waals surface area contributed by atoms with Crippen LogP contribution < -0.4 is 10.6 Å². The molecule has 98 valence electrons. The second kappa shape index (κ2) is 6.44. The lowest BCUT2D eigenvalue weighted by atomic mass is 10.3.